The van der Waals surface area contributed by atoms with Gasteiger partial charge < -0.3 is 5.32 Å². The van der Waals surface area contributed by atoms with E-state index >= 15 is 0 Å². The number of ketones is 1. The van der Waals surface area contributed by atoms with Gasteiger partial charge in [0.1, 0.15) is 0 Å². The average molecular weight is 352 g/mol. The lowest BCUT2D eigenvalue weighted by Crippen LogP contribution is -2.40. The smallest absolute Gasteiger partial charge is 0.307 e. The minimum Gasteiger partial charge on any atom is -0.307 e. The van der Waals surface area contributed by atoms with Crippen molar-refractivity contribution in [3.05, 3.63) is 32.7 Å². The number of hydrogen-bond acceptors (Lipinski definition) is 3. The van der Waals surface area contributed by atoms with E-state index in [-0.39, 0.29) is 17.5 Å². The Morgan fingerprint density at radius 3 is 2.52 bits per heavy atom. The number of fused-ring (bicyclic) bond motifs is 1. The Labute approximate surface area is 131 Å². The molecule has 1 N–H and O–H groups in total. The van der Waals surface area contributed by atoms with E-state index < -0.39 is 0 Å². The van der Waals surface area contributed by atoms with Gasteiger partial charge in [-0.05, 0) is 47.4 Å². The van der Waals surface area contributed by atoms with Gasteiger partial charge in [0, 0.05) is 24.1 Å². The average Bonchev–Trinajstić information content (AvgIpc) is 2.71. The van der Waals surface area contributed by atoms with Gasteiger partial charge in [-0.25, -0.2) is 4.79 Å². The highest BCUT2D eigenvalue weighted by atomic mass is 79.9. The molecule has 1 aliphatic heterocycles. The number of halogens is 1. The number of piperidine rings is 1. The molecular formula is C15H18BrN3O2. The monoisotopic (exact) mass is 351 g/mol. The number of rotatable bonds is 2. The molecule has 2 aromatic rings. The standard InChI is InChI=1S/C15H18BrN3O2/c1-18-12-7-9(14(20)11-5-3-4-6-17-11)10(16)8-13(12)19(2)15(18)21/h7-8,11,17H,3-6H2,1-2H3. The molecule has 1 aromatic carbocycles. The first-order chi connectivity index (χ1) is 10.0. The molecule has 1 unspecified atom stereocenters. The molecule has 1 fully saturated rings. The summed E-state index contributed by atoms with van der Waals surface area (Å²) in [5.74, 6) is 0.0970. The molecule has 1 aliphatic rings. The van der Waals surface area contributed by atoms with E-state index in [1.54, 1.807) is 23.2 Å². The van der Waals surface area contributed by atoms with Gasteiger partial charge >= 0.3 is 5.69 Å². The summed E-state index contributed by atoms with van der Waals surface area (Å²) in [6.45, 7) is 0.889. The third-order valence-electron chi connectivity index (χ3n) is 4.25. The van der Waals surface area contributed by atoms with E-state index in [4.69, 9.17) is 0 Å². The van der Waals surface area contributed by atoms with Crippen molar-refractivity contribution >= 4 is 32.7 Å². The molecule has 5 nitrogen and oxygen atoms in total. The van der Waals surface area contributed by atoms with Crippen LogP contribution in [0.5, 0.6) is 0 Å². The zero-order valence-corrected chi connectivity index (χ0v) is 13.7. The van der Waals surface area contributed by atoms with Crippen molar-refractivity contribution in [3.8, 4) is 0 Å². The van der Waals surface area contributed by atoms with Gasteiger partial charge in [0.05, 0.1) is 17.1 Å². The Morgan fingerprint density at radius 2 is 1.90 bits per heavy atom. The normalized spacial score (nSPS) is 19.1. The molecule has 0 saturated carbocycles. The van der Waals surface area contributed by atoms with Gasteiger partial charge in [-0.15, -0.1) is 0 Å². The second-order valence-corrected chi connectivity index (χ2v) is 6.44. The van der Waals surface area contributed by atoms with Crippen LogP contribution < -0.4 is 11.0 Å². The highest BCUT2D eigenvalue weighted by molar-refractivity contribution is 9.10. The van der Waals surface area contributed by atoms with Crippen molar-refractivity contribution in [1.82, 2.24) is 14.5 Å². The van der Waals surface area contributed by atoms with Gasteiger partial charge in [-0.3, -0.25) is 13.9 Å². The number of aromatic nitrogens is 2. The summed E-state index contributed by atoms with van der Waals surface area (Å²) in [6, 6.07) is 3.56. The van der Waals surface area contributed by atoms with Crippen LogP contribution in [-0.2, 0) is 14.1 Å². The second-order valence-electron chi connectivity index (χ2n) is 5.59. The maximum absolute atomic E-state index is 12.7. The number of imidazole rings is 1. The summed E-state index contributed by atoms with van der Waals surface area (Å²) in [7, 11) is 3.47. The predicted octanol–water partition coefficient (Wildman–Crippen LogP) is 1.96. The topological polar surface area (TPSA) is 56.0 Å². The summed E-state index contributed by atoms with van der Waals surface area (Å²) < 4.78 is 3.91. The molecule has 1 saturated heterocycles. The largest absolute Gasteiger partial charge is 0.328 e. The van der Waals surface area contributed by atoms with Crippen molar-refractivity contribution in [1.29, 1.82) is 0 Å². The van der Waals surface area contributed by atoms with Gasteiger partial charge in [-0.2, -0.15) is 0 Å². The fraction of sp³-hybridized carbons (Fsp3) is 0.467. The molecule has 0 bridgehead atoms. The van der Waals surface area contributed by atoms with Crippen LogP contribution in [0.15, 0.2) is 21.4 Å². The Hall–Kier alpha value is -1.40. The quantitative estimate of drug-likeness (QED) is 0.841. The van der Waals surface area contributed by atoms with Gasteiger partial charge in [0.15, 0.2) is 5.78 Å². The highest BCUT2D eigenvalue weighted by Gasteiger charge is 2.24. The number of hydrogen-bond donors (Lipinski definition) is 1. The summed E-state index contributed by atoms with van der Waals surface area (Å²) in [4.78, 5) is 24.7. The maximum atomic E-state index is 12.7. The first kappa shape index (κ1) is 14.5. The lowest BCUT2D eigenvalue weighted by Gasteiger charge is -2.22. The molecule has 0 amide bonds. The summed E-state index contributed by atoms with van der Waals surface area (Å²) >= 11 is 3.48. The molecule has 0 aliphatic carbocycles. The van der Waals surface area contributed by atoms with E-state index in [0.29, 0.717) is 5.56 Å². The van der Waals surface area contributed by atoms with Crippen LogP contribution in [0, 0.1) is 0 Å². The highest BCUT2D eigenvalue weighted by Crippen LogP contribution is 2.26. The molecule has 2 heterocycles. The maximum Gasteiger partial charge on any atom is 0.328 e. The molecular weight excluding hydrogens is 334 g/mol. The number of Topliss-reactive ketones (excluding diaryl/α,β-unsaturated/α-hetero) is 1. The molecule has 6 heteroatoms. The van der Waals surface area contributed by atoms with Crippen LogP contribution in [0.3, 0.4) is 0 Å². The fourth-order valence-corrected chi connectivity index (χ4v) is 3.50. The van der Waals surface area contributed by atoms with E-state index in [0.717, 1.165) is 41.3 Å². The lowest BCUT2D eigenvalue weighted by molar-refractivity contribution is 0.0926. The SMILES string of the molecule is Cn1c(=O)n(C)c2cc(C(=O)C3CCCCN3)c(Br)cc21. The van der Waals surface area contributed by atoms with Crippen LogP contribution in [0.25, 0.3) is 11.0 Å². The van der Waals surface area contributed by atoms with Crippen molar-refractivity contribution in [3.63, 3.8) is 0 Å². The van der Waals surface area contributed by atoms with Crippen molar-refractivity contribution < 1.29 is 4.79 Å². The fourth-order valence-electron chi connectivity index (χ4n) is 2.97. The lowest BCUT2D eigenvalue weighted by atomic mass is 9.96. The summed E-state index contributed by atoms with van der Waals surface area (Å²) in [5, 5.41) is 3.28. The molecule has 3 rings (SSSR count). The van der Waals surface area contributed by atoms with Crippen LogP contribution in [0.1, 0.15) is 29.6 Å². The molecule has 1 aromatic heterocycles. The van der Waals surface area contributed by atoms with Crippen molar-refractivity contribution in [2.45, 2.75) is 25.3 Å². The molecule has 0 spiro atoms. The minimum absolute atomic E-state index is 0.0858. The first-order valence-electron chi connectivity index (χ1n) is 7.13. The number of nitrogens with one attached hydrogen (secondary N) is 1. The predicted molar refractivity (Wildman–Crippen MR) is 85.8 cm³/mol. The number of carbonyl (C=O) groups is 1. The molecule has 21 heavy (non-hydrogen) atoms. The van der Waals surface area contributed by atoms with Gasteiger partial charge in [-0.1, -0.05) is 6.42 Å². The van der Waals surface area contributed by atoms with Crippen LogP contribution in [0.4, 0.5) is 0 Å². The first-order valence-corrected chi connectivity index (χ1v) is 7.92. The third kappa shape index (κ3) is 2.36. The Balaban J connectivity index is 2.10. The molecule has 112 valence electrons. The Kier molecular flexibility index (Phi) is 3.75. The van der Waals surface area contributed by atoms with Crippen molar-refractivity contribution in [2.75, 3.05) is 6.54 Å². The van der Waals surface area contributed by atoms with E-state index in [9.17, 15) is 9.59 Å². The summed E-state index contributed by atoms with van der Waals surface area (Å²) in [6.07, 6.45) is 3.07. The van der Waals surface area contributed by atoms with Crippen LogP contribution in [0.2, 0.25) is 0 Å². The van der Waals surface area contributed by atoms with Crippen molar-refractivity contribution in [2.24, 2.45) is 14.1 Å². The van der Waals surface area contributed by atoms with Crippen LogP contribution in [-0.4, -0.2) is 27.5 Å². The zero-order valence-electron chi connectivity index (χ0n) is 12.1. The third-order valence-corrected chi connectivity index (χ3v) is 4.91. The second kappa shape index (κ2) is 5.42. The number of aryl methyl sites for hydroxylation is 2. The summed E-state index contributed by atoms with van der Waals surface area (Å²) in [5.41, 5.74) is 2.16. The number of benzene rings is 1. The van der Waals surface area contributed by atoms with Gasteiger partial charge in [0.25, 0.3) is 0 Å². The number of carbonyl (C=O) groups excluding carboxylic acids is 1. The number of nitrogens with zero attached hydrogens (tertiary/aromatic N) is 2. The zero-order chi connectivity index (χ0) is 15.1. The Bertz CT molecular complexity index is 769. The molecule has 1 atom stereocenters. The van der Waals surface area contributed by atoms with E-state index in [1.165, 1.54) is 0 Å². The van der Waals surface area contributed by atoms with Crippen LogP contribution >= 0.6 is 15.9 Å². The Morgan fingerprint density at radius 1 is 1.24 bits per heavy atom. The van der Waals surface area contributed by atoms with E-state index in [1.807, 2.05) is 12.1 Å². The minimum atomic E-state index is -0.117. The van der Waals surface area contributed by atoms with E-state index in [2.05, 4.69) is 21.2 Å². The molecule has 0 radical (unpaired) electrons. The van der Waals surface area contributed by atoms with Gasteiger partial charge in [0.2, 0.25) is 0 Å².